The number of aromatic amines is 1. The molecule has 2 aromatic carbocycles. The Balaban J connectivity index is 1.41. The standard InChI is InChI=1S/C19H19FN4O/c20-15-6-2-4-8-18(15)23-9-11-24(12-10-23)19(25)22-17-13-21-16-7-3-1-5-14(16)17/h1-8,13,21H,9-12H2,(H,22,25). The van der Waals surface area contributed by atoms with E-state index in [1.807, 2.05) is 35.2 Å². The molecule has 1 aliphatic rings. The maximum absolute atomic E-state index is 13.9. The largest absolute Gasteiger partial charge is 0.366 e. The lowest BCUT2D eigenvalue weighted by atomic mass is 10.2. The molecule has 2 N–H and O–H groups in total. The van der Waals surface area contributed by atoms with Crippen molar-refractivity contribution >= 4 is 28.3 Å². The lowest BCUT2D eigenvalue weighted by Gasteiger charge is -2.36. The van der Waals surface area contributed by atoms with E-state index in [0.29, 0.717) is 31.9 Å². The summed E-state index contributed by atoms with van der Waals surface area (Å²) in [6.45, 7) is 2.34. The van der Waals surface area contributed by atoms with Gasteiger partial charge in [-0.1, -0.05) is 30.3 Å². The van der Waals surface area contributed by atoms with E-state index in [2.05, 4.69) is 10.3 Å². The number of amides is 2. The molecule has 1 aliphatic heterocycles. The van der Waals surface area contributed by atoms with Crippen molar-refractivity contribution in [1.29, 1.82) is 0 Å². The smallest absolute Gasteiger partial charge is 0.322 e. The van der Waals surface area contributed by atoms with Gasteiger partial charge in [-0.25, -0.2) is 9.18 Å². The number of H-pyrrole nitrogens is 1. The quantitative estimate of drug-likeness (QED) is 0.749. The van der Waals surface area contributed by atoms with Crippen molar-refractivity contribution in [2.24, 2.45) is 0 Å². The van der Waals surface area contributed by atoms with Crippen molar-refractivity contribution in [3.8, 4) is 0 Å². The molecule has 128 valence electrons. The number of nitrogens with one attached hydrogen (secondary N) is 2. The maximum atomic E-state index is 13.9. The van der Waals surface area contributed by atoms with Crippen LogP contribution in [0.3, 0.4) is 0 Å². The van der Waals surface area contributed by atoms with Gasteiger partial charge in [0.1, 0.15) is 5.82 Å². The average Bonchev–Trinajstić information content (AvgIpc) is 3.05. The molecule has 0 aliphatic carbocycles. The molecule has 0 unspecified atom stereocenters. The Morgan fingerprint density at radius 2 is 1.72 bits per heavy atom. The van der Waals surface area contributed by atoms with Crippen LogP contribution in [0, 0.1) is 5.82 Å². The number of aromatic nitrogens is 1. The number of anilines is 2. The number of carbonyl (C=O) groups is 1. The summed E-state index contributed by atoms with van der Waals surface area (Å²) >= 11 is 0. The lowest BCUT2D eigenvalue weighted by molar-refractivity contribution is 0.208. The topological polar surface area (TPSA) is 51.4 Å². The normalized spacial score (nSPS) is 14.8. The van der Waals surface area contributed by atoms with Crippen molar-refractivity contribution in [3.05, 3.63) is 60.5 Å². The third-order valence-corrected chi connectivity index (χ3v) is 4.59. The minimum atomic E-state index is -0.223. The van der Waals surface area contributed by atoms with Gasteiger partial charge < -0.3 is 20.1 Å². The Morgan fingerprint density at radius 3 is 2.52 bits per heavy atom. The highest BCUT2D eigenvalue weighted by molar-refractivity contribution is 6.01. The molecule has 4 rings (SSSR count). The predicted molar refractivity (Wildman–Crippen MR) is 97.5 cm³/mol. The molecule has 2 heterocycles. The van der Waals surface area contributed by atoms with Crippen LogP contribution in [0.15, 0.2) is 54.7 Å². The van der Waals surface area contributed by atoms with Gasteiger partial charge in [-0.2, -0.15) is 0 Å². The van der Waals surface area contributed by atoms with Crippen LogP contribution < -0.4 is 10.2 Å². The number of fused-ring (bicyclic) bond motifs is 1. The van der Waals surface area contributed by atoms with Gasteiger partial charge >= 0.3 is 6.03 Å². The van der Waals surface area contributed by atoms with Crippen molar-refractivity contribution in [3.63, 3.8) is 0 Å². The van der Waals surface area contributed by atoms with E-state index in [1.54, 1.807) is 23.2 Å². The van der Waals surface area contributed by atoms with Gasteiger partial charge in [-0.3, -0.25) is 0 Å². The fraction of sp³-hybridized carbons (Fsp3) is 0.211. The molecule has 5 nitrogen and oxygen atoms in total. The van der Waals surface area contributed by atoms with Crippen molar-refractivity contribution in [1.82, 2.24) is 9.88 Å². The monoisotopic (exact) mass is 338 g/mol. The lowest BCUT2D eigenvalue weighted by Crippen LogP contribution is -2.50. The molecule has 6 heteroatoms. The molecule has 0 bridgehead atoms. The zero-order valence-electron chi connectivity index (χ0n) is 13.7. The fourth-order valence-corrected chi connectivity index (χ4v) is 3.23. The SMILES string of the molecule is O=C(Nc1c[nH]c2ccccc12)N1CCN(c2ccccc2F)CC1. The van der Waals surface area contributed by atoms with Gasteiger partial charge in [0, 0.05) is 43.3 Å². The molecule has 2 amide bonds. The second kappa shape index (κ2) is 6.47. The third kappa shape index (κ3) is 3.03. The Labute approximate surface area is 145 Å². The van der Waals surface area contributed by atoms with E-state index >= 15 is 0 Å². The number of rotatable bonds is 2. The number of urea groups is 1. The van der Waals surface area contributed by atoms with E-state index in [4.69, 9.17) is 0 Å². The highest BCUT2D eigenvalue weighted by Crippen LogP contribution is 2.24. The number of hydrogen-bond donors (Lipinski definition) is 2. The van der Waals surface area contributed by atoms with E-state index < -0.39 is 0 Å². The van der Waals surface area contributed by atoms with E-state index in [0.717, 1.165) is 16.6 Å². The number of carbonyl (C=O) groups excluding carboxylic acids is 1. The molecule has 3 aromatic rings. The first-order chi connectivity index (χ1) is 12.2. The summed E-state index contributed by atoms with van der Waals surface area (Å²) in [4.78, 5) is 19.4. The van der Waals surface area contributed by atoms with Gasteiger partial charge in [-0.15, -0.1) is 0 Å². The number of nitrogens with zero attached hydrogens (tertiary/aromatic N) is 2. The second-order valence-corrected chi connectivity index (χ2v) is 6.10. The van der Waals surface area contributed by atoms with Gasteiger partial charge in [0.25, 0.3) is 0 Å². The first kappa shape index (κ1) is 15.5. The van der Waals surface area contributed by atoms with Crippen LogP contribution >= 0.6 is 0 Å². The second-order valence-electron chi connectivity index (χ2n) is 6.10. The van der Waals surface area contributed by atoms with Crippen LogP contribution in [0.25, 0.3) is 10.9 Å². The first-order valence-electron chi connectivity index (χ1n) is 8.34. The average molecular weight is 338 g/mol. The summed E-state index contributed by atoms with van der Waals surface area (Å²) in [6.07, 6.45) is 1.80. The zero-order chi connectivity index (χ0) is 17.2. The molecule has 0 saturated carbocycles. The molecule has 0 radical (unpaired) electrons. The number of hydrogen-bond acceptors (Lipinski definition) is 2. The Kier molecular flexibility index (Phi) is 4.01. The summed E-state index contributed by atoms with van der Waals surface area (Å²) in [5.74, 6) is -0.223. The molecular weight excluding hydrogens is 319 g/mol. The molecule has 1 aromatic heterocycles. The fourth-order valence-electron chi connectivity index (χ4n) is 3.23. The van der Waals surface area contributed by atoms with Crippen LogP contribution in [-0.2, 0) is 0 Å². The van der Waals surface area contributed by atoms with Gasteiger partial charge in [0.05, 0.1) is 11.4 Å². The molecule has 1 fully saturated rings. The summed E-state index contributed by atoms with van der Waals surface area (Å²) in [6, 6.07) is 14.5. The van der Waals surface area contributed by atoms with Gasteiger partial charge in [0.15, 0.2) is 0 Å². The van der Waals surface area contributed by atoms with Crippen LogP contribution in [0.1, 0.15) is 0 Å². The third-order valence-electron chi connectivity index (χ3n) is 4.59. The van der Waals surface area contributed by atoms with E-state index in [-0.39, 0.29) is 11.8 Å². The van der Waals surface area contributed by atoms with E-state index in [9.17, 15) is 9.18 Å². The summed E-state index contributed by atoms with van der Waals surface area (Å²) in [7, 11) is 0. The maximum Gasteiger partial charge on any atom is 0.322 e. The summed E-state index contributed by atoms with van der Waals surface area (Å²) < 4.78 is 13.9. The minimum Gasteiger partial charge on any atom is -0.366 e. The molecule has 0 atom stereocenters. The molecular formula is C19H19FN4O. The predicted octanol–water partition coefficient (Wildman–Crippen LogP) is 3.66. The Hall–Kier alpha value is -3.02. The summed E-state index contributed by atoms with van der Waals surface area (Å²) in [5, 5.41) is 3.95. The number of benzene rings is 2. The van der Waals surface area contributed by atoms with E-state index in [1.165, 1.54) is 6.07 Å². The van der Waals surface area contributed by atoms with Crippen LogP contribution in [0.5, 0.6) is 0 Å². The van der Waals surface area contributed by atoms with Crippen LogP contribution in [-0.4, -0.2) is 42.1 Å². The van der Waals surface area contributed by atoms with Crippen molar-refractivity contribution in [2.75, 3.05) is 36.4 Å². The van der Waals surface area contributed by atoms with Crippen LogP contribution in [0.4, 0.5) is 20.6 Å². The number of para-hydroxylation sites is 2. The molecule has 0 spiro atoms. The number of piperazine rings is 1. The zero-order valence-corrected chi connectivity index (χ0v) is 13.7. The molecule has 1 saturated heterocycles. The highest BCUT2D eigenvalue weighted by Gasteiger charge is 2.23. The first-order valence-corrected chi connectivity index (χ1v) is 8.34. The summed E-state index contributed by atoms with van der Waals surface area (Å²) in [5.41, 5.74) is 2.36. The Bertz CT molecular complexity index is 899. The van der Waals surface area contributed by atoms with Crippen molar-refractivity contribution < 1.29 is 9.18 Å². The van der Waals surface area contributed by atoms with Crippen molar-refractivity contribution in [2.45, 2.75) is 0 Å². The highest BCUT2D eigenvalue weighted by atomic mass is 19.1. The van der Waals surface area contributed by atoms with Crippen LogP contribution in [0.2, 0.25) is 0 Å². The minimum absolute atomic E-state index is 0.127. The van der Waals surface area contributed by atoms with Gasteiger partial charge in [-0.05, 0) is 18.2 Å². The Morgan fingerprint density at radius 1 is 1.00 bits per heavy atom. The van der Waals surface area contributed by atoms with Gasteiger partial charge in [0.2, 0.25) is 0 Å². The number of halogens is 1. The molecule has 25 heavy (non-hydrogen) atoms.